The van der Waals surface area contributed by atoms with Crippen LogP contribution in [0.5, 0.6) is 5.75 Å². The number of rotatable bonds is 6. The number of hydrogen-bond acceptors (Lipinski definition) is 5. The minimum atomic E-state index is -0.326. The molecule has 22 heavy (non-hydrogen) atoms. The highest BCUT2D eigenvalue weighted by Crippen LogP contribution is 2.13. The molecule has 0 saturated carbocycles. The molecule has 116 valence electrons. The Morgan fingerprint density at radius 3 is 3.05 bits per heavy atom. The van der Waals surface area contributed by atoms with E-state index >= 15 is 0 Å². The van der Waals surface area contributed by atoms with Crippen LogP contribution in [0.1, 0.15) is 25.3 Å². The zero-order valence-electron chi connectivity index (χ0n) is 12.5. The monoisotopic (exact) mass is 302 g/mol. The van der Waals surface area contributed by atoms with Gasteiger partial charge in [0, 0.05) is 12.1 Å². The molecule has 0 aliphatic carbocycles. The average Bonchev–Trinajstić information content (AvgIpc) is 2.84. The van der Waals surface area contributed by atoms with Crippen molar-refractivity contribution in [1.82, 2.24) is 10.9 Å². The van der Waals surface area contributed by atoms with Gasteiger partial charge in [-0.05, 0) is 31.0 Å². The summed E-state index contributed by atoms with van der Waals surface area (Å²) in [5.74, 6) is -0.0118. The van der Waals surface area contributed by atoms with Crippen molar-refractivity contribution < 1.29 is 14.3 Å². The molecule has 2 rings (SSSR count). The number of methoxy groups -OCH3 is 1. The van der Waals surface area contributed by atoms with Crippen LogP contribution in [0.4, 0.5) is 0 Å². The van der Waals surface area contributed by atoms with Crippen LogP contribution >= 0.6 is 0 Å². The number of carbonyl (C=O) groups excluding carboxylic acids is 2. The first-order valence-corrected chi connectivity index (χ1v) is 6.90. The molecule has 7 heteroatoms. The molecule has 0 radical (unpaired) electrons. The zero-order chi connectivity index (χ0) is 15.9. The predicted octanol–water partition coefficient (Wildman–Crippen LogP) is 1.05. The maximum Gasteiger partial charge on any atom is 0.248 e. The number of hydrazone groups is 2. The SMILES string of the molecule is COc1cccc(/C=N/NC(=O)CCC2C(=O)NN=C2C)c1. The van der Waals surface area contributed by atoms with E-state index in [2.05, 4.69) is 21.1 Å². The molecule has 0 aromatic heterocycles. The predicted molar refractivity (Wildman–Crippen MR) is 82.7 cm³/mol. The maximum absolute atomic E-state index is 11.7. The fourth-order valence-electron chi connectivity index (χ4n) is 2.06. The topological polar surface area (TPSA) is 92.1 Å². The number of hydrogen-bond donors (Lipinski definition) is 2. The summed E-state index contributed by atoms with van der Waals surface area (Å²) in [5, 5.41) is 7.73. The van der Waals surface area contributed by atoms with E-state index in [1.807, 2.05) is 18.2 Å². The summed E-state index contributed by atoms with van der Waals surface area (Å²) in [4.78, 5) is 23.2. The van der Waals surface area contributed by atoms with Crippen molar-refractivity contribution in [2.45, 2.75) is 19.8 Å². The van der Waals surface area contributed by atoms with Crippen LogP contribution in [-0.2, 0) is 9.59 Å². The molecule has 1 heterocycles. The van der Waals surface area contributed by atoms with Gasteiger partial charge in [0.05, 0.1) is 19.2 Å². The van der Waals surface area contributed by atoms with Gasteiger partial charge in [-0.3, -0.25) is 9.59 Å². The molecule has 1 unspecified atom stereocenters. The van der Waals surface area contributed by atoms with Gasteiger partial charge in [0.2, 0.25) is 11.8 Å². The average molecular weight is 302 g/mol. The smallest absolute Gasteiger partial charge is 0.248 e. The minimum Gasteiger partial charge on any atom is -0.497 e. The molecular weight excluding hydrogens is 284 g/mol. The maximum atomic E-state index is 11.7. The molecule has 2 amide bonds. The van der Waals surface area contributed by atoms with Crippen molar-refractivity contribution in [3.63, 3.8) is 0 Å². The normalized spacial score (nSPS) is 17.3. The number of nitrogens with zero attached hydrogens (tertiary/aromatic N) is 2. The van der Waals surface area contributed by atoms with Crippen molar-refractivity contribution in [2.24, 2.45) is 16.1 Å². The van der Waals surface area contributed by atoms with E-state index in [-0.39, 0.29) is 24.2 Å². The van der Waals surface area contributed by atoms with E-state index in [4.69, 9.17) is 4.74 Å². The Hall–Kier alpha value is -2.70. The second-order valence-corrected chi connectivity index (χ2v) is 4.89. The summed E-state index contributed by atoms with van der Waals surface area (Å²) < 4.78 is 5.10. The van der Waals surface area contributed by atoms with Crippen LogP contribution < -0.4 is 15.6 Å². The largest absolute Gasteiger partial charge is 0.497 e. The van der Waals surface area contributed by atoms with Gasteiger partial charge in [-0.25, -0.2) is 10.9 Å². The second kappa shape index (κ2) is 7.35. The molecular formula is C15H18N4O3. The first-order valence-electron chi connectivity index (χ1n) is 6.90. The van der Waals surface area contributed by atoms with E-state index in [0.717, 1.165) is 11.3 Å². The molecule has 0 fully saturated rings. The van der Waals surface area contributed by atoms with E-state index in [0.29, 0.717) is 12.1 Å². The van der Waals surface area contributed by atoms with Crippen molar-refractivity contribution >= 4 is 23.7 Å². The lowest BCUT2D eigenvalue weighted by Gasteiger charge is -2.06. The lowest BCUT2D eigenvalue weighted by Crippen LogP contribution is -2.25. The van der Waals surface area contributed by atoms with Crippen molar-refractivity contribution in [3.8, 4) is 5.75 Å². The van der Waals surface area contributed by atoms with Crippen molar-refractivity contribution in [1.29, 1.82) is 0 Å². The van der Waals surface area contributed by atoms with Gasteiger partial charge in [-0.2, -0.15) is 10.2 Å². The van der Waals surface area contributed by atoms with Gasteiger partial charge in [0.1, 0.15) is 5.75 Å². The number of nitrogens with one attached hydrogen (secondary N) is 2. The van der Waals surface area contributed by atoms with Crippen molar-refractivity contribution in [3.05, 3.63) is 29.8 Å². The fourth-order valence-corrected chi connectivity index (χ4v) is 2.06. The molecule has 0 spiro atoms. The van der Waals surface area contributed by atoms with E-state index < -0.39 is 0 Å². The third-order valence-electron chi connectivity index (χ3n) is 3.32. The van der Waals surface area contributed by atoms with Gasteiger partial charge in [-0.1, -0.05) is 12.1 Å². The Kier molecular flexibility index (Phi) is 5.24. The Bertz CT molecular complexity index is 625. The summed E-state index contributed by atoms with van der Waals surface area (Å²) in [5.41, 5.74) is 6.36. The van der Waals surface area contributed by atoms with Gasteiger partial charge in [0.25, 0.3) is 0 Å². The molecule has 1 aromatic rings. The molecule has 1 aliphatic heterocycles. The number of ether oxygens (including phenoxy) is 1. The second-order valence-electron chi connectivity index (χ2n) is 4.89. The van der Waals surface area contributed by atoms with Crippen molar-refractivity contribution in [2.75, 3.05) is 7.11 Å². The fraction of sp³-hybridized carbons (Fsp3) is 0.333. The first-order chi connectivity index (χ1) is 10.6. The Morgan fingerprint density at radius 2 is 2.36 bits per heavy atom. The summed E-state index contributed by atoms with van der Waals surface area (Å²) in [7, 11) is 1.59. The van der Waals surface area contributed by atoms with Crippen LogP contribution in [0.2, 0.25) is 0 Å². The Labute approximate surface area is 128 Å². The summed E-state index contributed by atoms with van der Waals surface area (Å²) in [6.45, 7) is 1.77. The molecule has 7 nitrogen and oxygen atoms in total. The quantitative estimate of drug-likeness (QED) is 0.607. The molecule has 2 N–H and O–H groups in total. The first kappa shape index (κ1) is 15.7. The molecule has 1 aromatic carbocycles. The highest BCUT2D eigenvalue weighted by molar-refractivity contribution is 6.07. The summed E-state index contributed by atoms with van der Waals surface area (Å²) >= 11 is 0. The molecule has 1 aliphatic rings. The number of carbonyl (C=O) groups is 2. The number of amides is 2. The zero-order valence-corrected chi connectivity index (χ0v) is 12.5. The lowest BCUT2D eigenvalue weighted by atomic mass is 9.99. The summed E-state index contributed by atoms with van der Waals surface area (Å²) in [6.07, 6.45) is 2.16. The third-order valence-corrected chi connectivity index (χ3v) is 3.32. The molecule has 0 bridgehead atoms. The minimum absolute atomic E-state index is 0.162. The Balaban J connectivity index is 1.79. The highest BCUT2D eigenvalue weighted by atomic mass is 16.5. The third kappa shape index (κ3) is 4.15. The van der Waals surface area contributed by atoms with E-state index in [1.165, 1.54) is 6.21 Å². The van der Waals surface area contributed by atoms with Gasteiger partial charge >= 0.3 is 0 Å². The van der Waals surface area contributed by atoms with Gasteiger partial charge in [0.15, 0.2) is 0 Å². The van der Waals surface area contributed by atoms with Gasteiger partial charge < -0.3 is 4.74 Å². The van der Waals surface area contributed by atoms with Gasteiger partial charge in [-0.15, -0.1) is 0 Å². The highest BCUT2D eigenvalue weighted by Gasteiger charge is 2.26. The molecule has 0 saturated heterocycles. The summed E-state index contributed by atoms with van der Waals surface area (Å²) in [6, 6.07) is 7.31. The van der Waals surface area contributed by atoms with E-state index in [1.54, 1.807) is 20.1 Å². The van der Waals surface area contributed by atoms with E-state index in [9.17, 15) is 9.59 Å². The van der Waals surface area contributed by atoms with Crippen LogP contribution in [0.25, 0.3) is 0 Å². The lowest BCUT2D eigenvalue weighted by molar-refractivity contribution is -0.123. The van der Waals surface area contributed by atoms with Crippen LogP contribution in [0, 0.1) is 5.92 Å². The standard InChI is InChI=1S/C15H18N4O3/c1-10-13(15(21)19-17-10)6-7-14(20)18-16-9-11-4-3-5-12(8-11)22-2/h3-5,8-9,13H,6-7H2,1-2H3,(H,18,20)(H,19,21)/b16-9+. The van der Waals surface area contributed by atoms with Crippen LogP contribution in [-0.4, -0.2) is 30.9 Å². The Morgan fingerprint density at radius 1 is 1.55 bits per heavy atom. The number of benzene rings is 1. The van der Waals surface area contributed by atoms with Crippen LogP contribution in [0.15, 0.2) is 34.5 Å². The van der Waals surface area contributed by atoms with Crippen LogP contribution in [0.3, 0.4) is 0 Å². The molecule has 1 atom stereocenters.